The van der Waals surface area contributed by atoms with E-state index in [9.17, 15) is 0 Å². The van der Waals surface area contributed by atoms with E-state index in [2.05, 4.69) is 10.5 Å². The van der Waals surface area contributed by atoms with E-state index in [1.807, 2.05) is 13.8 Å². The third-order valence-electron chi connectivity index (χ3n) is 2.01. The molecule has 0 aromatic carbocycles. The normalized spacial score (nSPS) is 20.9. The van der Waals surface area contributed by atoms with E-state index in [1.54, 1.807) is 0 Å². The standard InChI is InChI=1S/C10H20N2O2/c1-9(2)12-14-7-5-11-8-10-4-3-6-13-10/h10-11H,3-8H2,1-2H3/t10-/m1/s1. The maximum Gasteiger partial charge on any atom is 0.129 e. The molecule has 0 amide bonds. The number of nitrogens with one attached hydrogen (secondary N) is 1. The smallest absolute Gasteiger partial charge is 0.129 e. The Morgan fingerprint density at radius 3 is 3.07 bits per heavy atom. The van der Waals surface area contributed by atoms with E-state index in [4.69, 9.17) is 9.57 Å². The molecule has 0 aromatic rings. The van der Waals surface area contributed by atoms with Gasteiger partial charge in [-0.1, -0.05) is 5.16 Å². The van der Waals surface area contributed by atoms with Gasteiger partial charge in [0.1, 0.15) is 6.61 Å². The van der Waals surface area contributed by atoms with Gasteiger partial charge in [0.2, 0.25) is 0 Å². The van der Waals surface area contributed by atoms with Crippen LogP contribution in [0.3, 0.4) is 0 Å². The van der Waals surface area contributed by atoms with Gasteiger partial charge in [-0.3, -0.25) is 0 Å². The molecule has 1 aliphatic heterocycles. The fourth-order valence-corrected chi connectivity index (χ4v) is 1.36. The lowest BCUT2D eigenvalue weighted by atomic mass is 10.2. The van der Waals surface area contributed by atoms with Crippen molar-refractivity contribution < 1.29 is 9.57 Å². The van der Waals surface area contributed by atoms with Crippen LogP contribution in [0.25, 0.3) is 0 Å². The zero-order valence-corrected chi connectivity index (χ0v) is 9.08. The quantitative estimate of drug-likeness (QED) is 0.397. The van der Waals surface area contributed by atoms with Crippen molar-refractivity contribution in [3.05, 3.63) is 0 Å². The van der Waals surface area contributed by atoms with E-state index in [-0.39, 0.29) is 0 Å². The van der Waals surface area contributed by atoms with Crippen LogP contribution in [0, 0.1) is 0 Å². The second kappa shape index (κ2) is 6.79. The second-order valence-electron chi connectivity index (χ2n) is 3.71. The number of rotatable bonds is 6. The average molecular weight is 200 g/mol. The van der Waals surface area contributed by atoms with Gasteiger partial charge in [-0.25, -0.2) is 0 Å². The highest BCUT2D eigenvalue weighted by molar-refractivity contribution is 5.78. The van der Waals surface area contributed by atoms with Crippen LogP contribution in [0.15, 0.2) is 5.16 Å². The van der Waals surface area contributed by atoms with Crippen LogP contribution in [-0.2, 0) is 9.57 Å². The SMILES string of the molecule is CC(C)=NOCCNC[C@H]1CCCO1. The first-order valence-electron chi connectivity index (χ1n) is 5.24. The molecule has 1 heterocycles. The maximum absolute atomic E-state index is 5.47. The molecule has 1 rings (SSSR count). The van der Waals surface area contributed by atoms with Crippen LogP contribution < -0.4 is 5.32 Å². The second-order valence-corrected chi connectivity index (χ2v) is 3.71. The average Bonchev–Trinajstić information content (AvgIpc) is 2.63. The fraction of sp³-hybridized carbons (Fsp3) is 0.900. The Morgan fingerprint density at radius 2 is 2.43 bits per heavy atom. The van der Waals surface area contributed by atoms with E-state index in [1.165, 1.54) is 12.8 Å². The molecule has 4 nitrogen and oxygen atoms in total. The largest absolute Gasteiger partial charge is 0.395 e. The van der Waals surface area contributed by atoms with Crippen molar-refractivity contribution in [3.63, 3.8) is 0 Å². The van der Waals surface area contributed by atoms with Crippen LogP contribution in [0.2, 0.25) is 0 Å². The molecule has 0 bridgehead atoms. The third-order valence-corrected chi connectivity index (χ3v) is 2.01. The summed E-state index contributed by atoms with van der Waals surface area (Å²) in [5, 5.41) is 7.12. The summed E-state index contributed by atoms with van der Waals surface area (Å²) in [4.78, 5) is 5.04. The minimum absolute atomic E-state index is 0.409. The molecule has 1 atom stereocenters. The van der Waals surface area contributed by atoms with Crippen LogP contribution in [0.5, 0.6) is 0 Å². The number of ether oxygens (including phenoxy) is 1. The minimum Gasteiger partial charge on any atom is -0.395 e. The summed E-state index contributed by atoms with van der Waals surface area (Å²) < 4.78 is 5.47. The zero-order chi connectivity index (χ0) is 10.2. The first-order chi connectivity index (χ1) is 6.79. The van der Waals surface area contributed by atoms with Crippen molar-refractivity contribution in [2.45, 2.75) is 32.8 Å². The van der Waals surface area contributed by atoms with Crippen molar-refractivity contribution in [2.24, 2.45) is 5.16 Å². The number of hydrogen-bond donors (Lipinski definition) is 1. The summed E-state index contributed by atoms with van der Waals surface area (Å²) in [5.41, 5.74) is 0.948. The fourth-order valence-electron chi connectivity index (χ4n) is 1.36. The van der Waals surface area contributed by atoms with E-state index in [0.29, 0.717) is 12.7 Å². The van der Waals surface area contributed by atoms with Crippen LogP contribution >= 0.6 is 0 Å². The molecule has 0 aliphatic carbocycles. The molecule has 0 spiro atoms. The molecule has 82 valence electrons. The Kier molecular flexibility index (Phi) is 5.56. The lowest BCUT2D eigenvalue weighted by molar-refractivity contribution is 0.103. The molecule has 14 heavy (non-hydrogen) atoms. The first-order valence-corrected chi connectivity index (χ1v) is 5.24. The molecule has 4 heteroatoms. The summed E-state index contributed by atoms with van der Waals surface area (Å²) in [6.45, 7) is 7.13. The Bertz CT molecular complexity index is 173. The molecule has 0 aromatic heterocycles. The Labute approximate surface area is 85.6 Å². The van der Waals surface area contributed by atoms with E-state index in [0.717, 1.165) is 25.4 Å². The van der Waals surface area contributed by atoms with Crippen LogP contribution in [0.1, 0.15) is 26.7 Å². The molecular weight excluding hydrogens is 180 g/mol. The van der Waals surface area contributed by atoms with Crippen molar-refractivity contribution >= 4 is 5.71 Å². The molecule has 0 saturated carbocycles. The predicted octanol–water partition coefficient (Wildman–Crippen LogP) is 1.17. The summed E-state index contributed by atoms with van der Waals surface area (Å²) in [7, 11) is 0. The minimum atomic E-state index is 0.409. The lowest BCUT2D eigenvalue weighted by Crippen LogP contribution is -2.28. The number of hydrogen-bond acceptors (Lipinski definition) is 4. The van der Waals surface area contributed by atoms with Gasteiger partial charge >= 0.3 is 0 Å². The van der Waals surface area contributed by atoms with Crippen molar-refractivity contribution in [3.8, 4) is 0 Å². The summed E-state index contributed by atoms with van der Waals surface area (Å²) >= 11 is 0. The molecule has 1 aliphatic rings. The molecule has 1 N–H and O–H groups in total. The highest BCUT2D eigenvalue weighted by Crippen LogP contribution is 2.10. The van der Waals surface area contributed by atoms with E-state index < -0.39 is 0 Å². The summed E-state index contributed by atoms with van der Waals surface area (Å²) in [5.74, 6) is 0. The van der Waals surface area contributed by atoms with Crippen molar-refractivity contribution in [1.29, 1.82) is 0 Å². The van der Waals surface area contributed by atoms with Gasteiger partial charge in [-0.05, 0) is 26.7 Å². The van der Waals surface area contributed by atoms with Gasteiger partial charge in [0.25, 0.3) is 0 Å². The van der Waals surface area contributed by atoms with Gasteiger partial charge < -0.3 is 14.9 Å². The van der Waals surface area contributed by atoms with Gasteiger partial charge in [0, 0.05) is 19.7 Å². The van der Waals surface area contributed by atoms with Crippen molar-refractivity contribution in [1.82, 2.24) is 5.32 Å². The highest BCUT2D eigenvalue weighted by atomic mass is 16.6. The van der Waals surface area contributed by atoms with Crippen LogP contribution in [0.4, 0.5) is 0 Å². The first kappa shape index (κ1) is 11.5. The maximum atomic E-state index is 5.47. The van der Waals surface area contributed by atoms with Crippen molar-refractivity contribution in [2.75, 3.05) is 26.3 Å². The Morgan fingerprint density at radius 1 is 1.57 bits per heavy atom. The number of nitrogens with zero attached hydrogens (tertiary/aromatic N) is 1. The highest BCUT2D eigenvalue weighted by Gasteiger charge is 2.13. The molecule has 0 radical (unpaired) electrons. The van der Waals surface area contributed by atoms with Crippen LogP contribution in [-0.4, -0.2) is 38.1 Å². The Balaban J connectivity index is 1.86. The topological polar surface area (TPSA) is 42.8 Å². The van der Waals surface area contributed by atoms with Gasteiger partial charge in [0.05, 0.1) is 11.8 Å². The summed E-state index contributed by atoms with van der Waals surface area (Å²) in [6.07, 6.45) is 2.79. The monoisotopic (exact) mass is 200 g/mol. The predicted molar refractivity (Wildman–Crippen MR) is 56.6 cm³/mol. The van der Waals surface area contributed by atoms with Gasteiger partial charge in [-0.15, -0.1) is 0 Å². The molecular formula is C10H20N2O2. The van der Waals surface area contributed by atoms with Gasteiger partial charge in [-0.2, -0.15) is 0 Å². The van der Waals surface area contributed by atoms with Gasteiger partial charge in [0.15, 0.2) is 0 Å². The molecule has 0 unspecified atom stereocenters. The molecule has 1 saturated heterocycles. The zero-order valence-electron chi connectivity index (χ0n) is 9.08. The van der Waals surface area contributed by atoms with E-state index >= 15 is 0 Å². The Hall–Kier alpha value is -0.610. The number of oxime groups is 1. The summed E-state index contributed by atoms with van der Waals surface area (Å²) in [6, 6.07) is 0. The molecule has 1 fully saturated rings. The third kappa shape index (κ3) is 5.19. The lowest BCUT2D eigenvalue weighted by Gasteiger charge is -2.09.